The molecule has 2 rings (SSSR count). The first-order valence-electron chi connectivity index (χ1n) is 13.5. The molecule has 2 aromatic carbocycles. The Balaban J connectivity index is 2.87. The zero-order valence-electron chi connectivity index (χ0n) is 25.4. The van der Waals surface area contributed by atoms with E-state index in [1.807, 2.05) is 0 Å². The van der Waals surface area contributed by atoms with E-state index in [1.165, 1.54) is 0 Å². The van der Waals surface area contributed by atoms with Gasteiger partial charge >= 0.3 is 0 Å². The van der Waals surface area contributed by atoms with Gasteiger partial charge in [0.2, 0.25) is 0 Å². The molecule has 208 valence electrons. The van der Waals surface area contributed by atoms with E-state index < -0.39 is 31.3 Å². The first kappa shape index (κ1) is 31.3. The van der Waals surface area contributed by atoms with Gasteiger partial charge in [-0.1, -0.05) is 107 Å². The molecule has 0 bridgehead atoms. The molecule has 0 amide bonds. The maximum Gasteiger partial charge on any atom is 0.136 e. The largest absolute Gasteiger partial charge is 0.485 e. The standard InChI is InChI=1S/C33H52O4/c1-29(2,3)23-13-22(14-24(15-23)30(4,5)6)28(33(19-34,20-35)21-36)37-27-17-25(31(7,8)9)16-26(18-27)32(10,11)12/h13-18,28,34-36H,19-21H2,1-12H3. The van der Waals surface area contributed by atoms with Crippen molar-refractivity contribution in [2.45, 2.75) is 111 Å². The molecular formula is C33H52O4. The zero-order chi connectivity index (χ0) is 28.6. The number of hydrogen-bond donors (Lipinski definition) is 3. The van der Waals surface area contributed by atoms with Gasteiger partial charge in [-0.05, 0) is 61.6 Å². The molecule has 1 unspecified atom stereocenters. The average Bonchev–Trinajstić information content (AvgIpc) is 2.77. The normalized spacial score (nSPS) is 14.6. The molecule has 0 heterocycles. The van der Waals surface area contributed by atoms with E-state index in [0.29, 0.717) is 5.75 Å². The molecule has 0 spiro atoms. The quantitative estimate of drug-likeness (QED) is 0.375. The van der Waals surface area contributed by atoms with Gasteiger partial charge in [0.25, 0.3) is 0 Å². The topological polar surface area (TPSA) is 69.9 Å². The van der Waals surface area contributed by atoms with Crippen LogP contribution in [0.15, 0.2) is 36.4 Å². The fourth-order valence-electron chi connectivity index (χ4n) is 4.28. The highest BCUT2D eigenvalue weighted by Crippen LogP contribution is 2.42. The minimum atomic E-state index is -1.27. The SMILES string of the molecule is CC(C)(C)c1cc(OC(c2cc(C(C)(C)C)cc(C(C)(C)C)c2)C(CO)(CO)CO)cc(C(C)(C)C)c1. The number of hydrogen-bond acceptors (Lipinski definition) is 4. The highest BCUT2D eigenvalue weighted by Gasteiger charge is 2.42. The van der Waals surface area contributed by atoms with Gasteiger partial charge in [0.15, 0.2) is 0 Å². The van der Waals surface area contributed by atoms with Crippen LogP contribution < -0.4 is 4.74 Å². The highest BCUT2D eigenvalue weighted by molar-refractivity contribution is 5.43. The van der Waals surface area contributed by atoms with Gasteiger partial charge in [0.05, 0.1) is 25.2 Å². The molecule has 4 heteroatoms. The van der Waals surface area contributed by atoms with Crippen LogP contribution in [0.2, 0.25) is 0 Å². The van der Waals surface area contributed by atoms with Gasteiger partial charge in [-0.2, -0.15) is 0 Å². The maximum atomic E-state index is 10.5. The predicted molar refractivity (Wildman–Crippen MR) is 155 cm³/mol. The first-order valence-corrected chi connectivity index (χ1v) is 13.5. The molecule has 2 aromatic rings. The van der Waals surface area contributed by atoms with Gasteiger partial charge in [-0.3, -0.25) is 0 Å². The number of benzene rings is 2. The van der Waals surface area contributed by atoms with Gasteiger partial charge in [0, 0.05) is 0 Å². The zero-order valence-corrected chi connectivity index (χ0v) is 25.4. The lowest BCUT2D eigenvalue weighted by Crippen LogP contribution is -2.43. The van der Waals surface area contributed by atoms with Crippen molar-refractivity contribution in [2.24, 2.45) is 5.41 Å². The van der Waals surface area contributed by atoms with Crippen LogP contribution in [-0.4, -0.2) is 35.1 Å². The van der Waals surface area contributed by atoms with Crippen LogP contribution in [0.5, 0.6) is 5.75 Å². The summed E-state index contributed by atoms with van der Waals surface area (Å²) in [6, 6.07) is 12.8. The highest BCUT2D eigenvalue weighted by atomic mass is 16.5. The Labute approximate surface area is 226 Å². The fourth-order valence-corrected chi connectivity index (χ4v) is 4.28. The van der Waals surface area contributed by atoms with Crippen molar-refractivity contribution in [3.05, 3.63) is 64.2 Å². The Kier molecular flexibility index (Phi) is 9.07. The van der Waals surface area contributed by atoms with Gasteiger partial charge < -0.3 is 20.1 Å². The third-order valence-electron chi connectivity index (χ3n) is 7.38. The van der Waals surface area contributed by atoms with Gasteiger partial charge in [-0.25, -0.2) is 0 Å². The molecule has 4 nitrogen and oxygen atoms in total. The second kappa shape index (κ2) is 10.7. The van der Waals surface area contributed by atoms with Crippen molar-refractivity contribution in [3.8, 4) is 5.75 Å². The molecule has 0 aliphatic rings. The number of rotatable bonds is 7. The van der Waals surface area contributed by atoms with Gasteiger partial charge in [0.1, 0.15) is 11.9 Å². The van der Waals surface area contributed by atoms with Crippen LogP contribution >= 0.6 is 0 Å². The summed E-state index contributed by atoms with van der Waals surface area (Å²) in [5, 5.41) is 31.5. The van der Waals surface area contributed by atoms with Crippen LogP contribution in [0.3, 0.4) is 0 Å². The van der Waals surface area contributed by atoms with Crippen LogP contribution in [0.25, 0.3) is 0 Å². The minimum absolute atomic E-state index is 0.0948. The van der Waals surface area contributed by atoms with Gasteiger partial charge in [-0.15, -0.1) is 0 Å². The summed E-state index contributed by atoms with van der Waals surface area (Å²) >= 11 is 0. The third-order valence-corrected chi connectivity index (χ3v) is 7.38. The van der Waals surface area contributed by atoms with Crippen molar-refractivity contribution in [1.82, 2.24) is 0 Å². The Hall–Kier alpha value is -1.88. The second-order valence-corrected chi connectivity index (χ2v) is 14.9. The van der Waals surface area contributed by atoms with Crippen molar-refractivity contribution < 1.29 is 20.1 Å². The maximum absolute atomic E-state index is 10.5. The Bertz CT molecular complexity index is 979. The third kappa shape index (κ3) is 7.37. The molecule has 3 N–H and O–H groups in total. The summed E-state index contributed by atoms with van der Waals surface area (Å²) in [7, 11) is 0. The van der Waals surface area contributed by atoms with Crippen LogP contribution in [-0.2, 0) is 21.7 Å². The lowest BCUT2D eigenvalue weighted by Gasteiger charge is -2.38. The molecule has 0 aliphatic heterocycles. The summed E-state index contributed by atoms with van der Waals surface area (Å²) in [6.45, 7) is 24.9. The molecule has 37 heavy (non-hydrogen) atoms. The average molecular weight is 513 g/mol. The molecule has 0 saturated carbocycles. The second-order valence-electron chi connectivity index (χ2n) is 14.9. The van der Waals surface area contributed by atoms with Crippen LogP contribution in [0.4, 0.5) is 0 Å². The van der Waals surface area contributed by atoms with Crippen molar-refractivity contribution in [1.29, 1.82) is 0 Å². The van der Waals surface area contributed by atoms with E-state index in [9.17, 15) is 15.3 Å². The van der Waals surface area contributed by atoms with E-state index >= 15 is 0 Å². The molecule has 0 fully saturated rings. The summed E-state index contributed by atoms with van der Waals surface area (Å²) in [5.41, 5.74) is 3.72. The summed E-state index contributed by atoms with van der Waals surface area (Å²) in [5.74, 6) is 0.667. The number of aliphatic hydroxyl groups excluding tert-OH is 3. The van der Waals surface area contributed by atoms with E-state index in [4.69, 9.17) is 4.74 Å². The molecular weight excluding hydrogens is 460 g/mol. The summed E-state index contributed by atoms with van der Waals surface area (Å²) in [4.78, 5) is 0. The predicted octanol–water partition coefficient (Wildman–Crippen LogP) is 6.96. The van der Waals surface area contributed by atoms with Crippen molar-refractivity contribution >= 4 is 0 Å². The number of ether oxygens (including phenoxy) is 1. The lowest BCUT2D eigenvalue weighted by molar-refractivity contribution is -0.0743. The lowest BCUT2D eigenvalue weighted by atomic mass is 9.75. The Morgan fingerprint density at radius 2 is 0.811 bits per heavy atom. The van der Waals surface area contributed by atoms with Crippen molar-refractivity contribution in [2.75, 3.05) is 19.8 Å². The van der Waals surface area contributed by atoms with Crippen LogP contribution in [0, 0.1) is 5.41 Å². The Morgan fingerprint density at radius 3 is 1.08 bits per heavy atom. The van der Waals surface area contributed by atoms with Crippen molar-refractivity contribution in [3.63, 3.8) is 0 Å². The Morgan fingerprint density at radius 1 is 0.514 bits per heavy atom. The smallest absolute Gasteiger partial charge is 0.136 e. The van der Waals surface area contributed by atoms with Crippen LogP contribution in [0.1, 0.15) is 117 Å². The summed E-state index contributed by atoms with van der Waals surface area (Å²) < 4.78 is 6.77. The minimum Gasteiger partial charge on any atom is -0.485 e. The molecule has 0 radical (unpaired) electrons. The number of aliphatic hydroxyl groups is 3. The van der Waals surface area contributed by atoms with E-state index in [2.05, 4.69) is 119 Å². The van der Waals surface area contributed by atoms with E-state index in [1.54, 1.807) is 0 Å². The molecule has 1 atom stereocenters. The fraction of sp³-hybridized carbons (Fsp3) is 0.636. The molecule has 0 saturated heterocycles. The first-order chi connectivity index (χ1) is 16.7. The molecule has 0 aliphatic carbocycles. The monoisotopic (exact) mass is 512 g/mol. The molecule has 0 aromatic heterocycles. The van der Waals surface area contributed by atoms with E-state index in [-0.39, 0.29) is 21.7 Å². The van der Waals surface area contributed by atoms with E-state index in [0.717, 1.165) is 27.8 Å². The summed E-state index contributed by atoms with van der Waals surface area (Å²) in [6.07, 6.45) is -0.765.